The van der Waals surface area contributed by atoms with Gasteiger partial charge in [-0.2, -0.15) is 0 Å². The highest BCUT2D eigenvalue weighted by molar-refractivity contribution is 5.99. The van der Waals surface area contributed by atoms with Crippen LogP contribution >= 0.6 is 0 Å². The summed E-state index contributed by atoms with van der Waals surface area (Å²) in [6, 6.07) is 17.0. The molecule has 0 aliphatic heterocycles. The van der Waals surface area contributed by atoms with Gasteiger partial charge in [0, 0.05) is 35.5 Å². The second-order valence-corrected chi connectivity index (χ2v) is 6.72. The summed E-state index contributed by atoms with van der Waals surface area (Å²) in [5.74, 6) is -0.894. The maximum Gasteiger partial charge on any atom is 0.328 e. The molecule has 0 fully saturated rings. The number of H-pyrrole nitrogens is 2. The average molecular weight is 402 g/mol. The average Bonchev–Trinajstić information content (AvgIpc) is 3.21. The van der Waals surface area contributed by atoms with Crippen LogP contribution in [0.25, 0.3) is 22.4 Å². The van der Waals surface area contributed by atoms with Crippen LogP contribution in [0.5, 0.6) is 0 Å². The Kier molecular flexibility index (Phi) is 5.38. The molecule has 150 valence electrons. The number of fused-ring (bicyclic) bond motifs is 1. The number of carbonyl (C=O) groups excluding carboxylic acids is 1. The van der Waals surface area contributed by atoms with Crippen LogP contribution in [0, 0.1) is 0 Å². The predicted molar refractivity (Wildman–Crippen MR) is 112 cm³/mol. The van der Waals surface area contributed by atoms with Crippen molar-refractivity contribution in [1.29, 1.82) is 0 Å². The lowest BCUT2D eigenvalue weighted by Crippen LogP contribution is -2.45. The fraction of sp³-hybridized carbons (Fsp3) is 0.0909. The second-order valence-electron chi connectivity index (χ2n) is 6.72. The van der Waals surface area contributed by atoms with E-state index in [1.165, 1.54) is 0 Å². The highest BCUT2D eigenvalue weighted by Gasteiger charge is 2.21. The van der Waals surface area contributed by atoms with Crippen LogP contribution < -0.4 is 15.6 Å². The molecular formula is C22H20N5O3+. The molecule has 8 nitrogen and oxygen atoms in total. The predicted octanol–water partition coefficient (Wildman–Crippen LogP) is 2.34. The number of anilines is 1. The molecule has 4 rings (SSSR count). The van der Waals surface area contributed by atoms with Crippen molar-refractivity contribution < 1.29 is 19.7 Å². The van der Waals surface area contributed by atoms with Crippen LogP contribution in [0.15, 0.2) is 73.1 Å². The molecule has 2 aromatic heterocycles. The molecule has 0 saturated heterocycles. The molecule has 1 amide bonds. The van der Waals surface area contributed by atoms with E-state index in [0.717, 1.165) is 16.8 Å². The number of aliphatic carboxylic acids is 1. The molecular weight excluding hydrogens is 382 g/mol. The lowest BCUT2D eigenvalue weighted by molar-refractivity contribution is -0.377. The van der Waals surface area contributed by atoms with Crippen molar-refractivity contribution >= 4 is 28.6 Å². The molecule has 0 unspecified atom stereocenters. The van der Waals surface area contributed by atoms with Gasteiger partial charge >= 0.3 is 5.97 Å². The minimum absolute atomic E-state index is 0.0621. The number of aromatic amines is 2. The van der Waals surface area contributed by atoms with E-state index >= 15 is 0 Å². The number of imidazole rings is 1. The number of aromatic nitrogens is 3. The molecule has 0 saturated carbocycles. The number of hydrogen-bond acceptors (Lipinski definition) is 4. The van der Waals surface area contributed by atoms with Crippen molar-refractivity contribution in [3.63, 3.8) is 0 Å². The summed E-state index contributed by atoms with van der Waals surface area (Å²) in [5.41, 5.74) is 3.46. The molecule has 0 aliphatic carbocycles. The summed E-state index contributed by atoms with van der Waals surface area (Å²) >= 11 is 0. The molecule has 0 aliphatic rings. The Morgan fingerprint density at radius 3 is 2.57 bits per heavy atom. The van der Waals surface area contributed by atoms with Gasteiger partial charge in [0.1, 0.15) is 11.9 Å². The number of benzene rings is 2. The van der Waals surface area contributed by atoms with Crippen LogP contribution in [0.1, 0.15) is 10.4 Å². The smallest absolute Gasteiger partial charge is 0.328 e. The number of para-hydroxylation sites is 1. The number of carboxylic acid groups (broad SMARTS) is 1. The molecule has 8 heteroatoms. The van der Waals surface area contributed by atoms with Crippen LogP contribution in [-0.2, 0) is 4.79 Å². The van der Waals surface area contributed by atoms with Crippen molar-refractivity contribution in [2.45, 2.75) is 6.04 Å². The Morgan fingerprint density at radius 2 is 1.83 bits per heavy atom. The van der Waals surface area contributed by atoms with Crippen LogP contribution in [0.2, 0.25) is 0 Å². The summed E-state index contributed by atoms with van der Waals surface area (Å²) in [4.78, 5) is 34.9. The topological polar surface area (TPSA) is 121 Å². The number of nitrogens with one attached hydrogen (secondary N) is 4. The molecule has 0 spiro atoms. The number of amides is 1. The van der Waals surface area contributed by atoms with E-state index in [4.69, 9.17) is 0 Å². The van der Waals surface area contributed by atoms with Crippen LogP contribution in [-0.4, -0.2) is 39.5 Å². The van der Waals surface area contributed by atoms with Crippen molar-refractivity contribution in [2.75, 3.05) is 11.9 Å². The van der Waals surface area contributed by atoms with Gasteiger partial charge in [0.05, 0.1) is 11.0 Å². The first-order valence-corrected chi connectivity index (χ1v) is 9.39. The number of carbonyl (C=O) groups is 2. The Balaban J connectivity index is 1.49. The van der Waals surface area contributed by atoms with Gasteiger partial charge in [-0.05, 0) is 30.3 Å². The van der Waals surface area contributed by atoms with Crippen LogP contribution in [0.4, 0.5) is 5.69 Å². The third-order valence-corrected chi connectivity index (χ3v) is 4.62. The summed E-state index contributed by atoms with van der Waals surface area (Å²) in [5, 5.41) is 15.1. The van der Waals surface area contributed by atoms with E-state index in [1.54, 1.807) is 30.6 Å². The lowest BCUT2D eigenvalue weighted by atomic mass is 10.1. The Hall–Kier alpha value is -4.20. The number of rotatable bonds is 7. The van der Waals surface area contributed by atoms with E-state index in [1.807, 2.05) is 42.5 Å². The zero-order valence-electron chi connectivity index (χ0n) is 15.9. The van der Waals surface area contributed by atoms with Gasteiger partial charge in [-0.15, -0.1) is 0 Å². The first-order chi connectivity index (χ1) is 14.6. The minimum Gasteiger partial charge on any atom is -0.480 e. The molecule has 2 aromatic carbocycles. The summed E-state index contributed by atoms with van der Waals surface area (Å²) < 4.78 is 0. The molecule has 5 N–H and O–H groups in total. The Labute approximate surface area is 172 Å². The first kappa shape index (κ1) is 19.1. The maximum absolute atomic E-state index is 12.7. The Morgan fingerprint density at radius 1 is 1.07 bits per heavy atom. The fourth-order valence-electron chi connectivity index (χ4n) is 3.05. The van der Waals surface area contributed by atoms with E-state index in [9.17, 15) is 14.7 Å². The number of hydrogen-bond donors (Lipinski definition) is 4. The molecule has 2 heterocycles. The zero-order valence-corrected chi connectivity index (χ0v) is 15.9. The number of nitrogens with zero attached hydrogens (tertiary/aromatic N) is 1. The first-order valence-electron chi connectivity index (χ1n) is 9.39. The standard InChI is InChI=1S/C22H19N5O3/c28-21(27-19(22(29)30)13-24-16-4-2-1-3-5-16)15-6-7-17-18(12-15)26-20(25-17)14-8-10-23-11-9-14/h1-12,19,24H,13H2,(H,25,26)(H,27,28)(H,29,30)/p+1/t19-/m0/s1. The largest absolute Gasteiger partial charge is 0.480 e. The molecule has 0 bridgehead atoms. The molecule has 1 atom stereocenters. The highest BCUT2D eigenvalue weighted by Crippen LogP contribution is 2.20. The van der Waals surface area contributed by atoms with Crippen molar-refractivity contribution in [2.24, 2.45) is 0 Å². The zero-order chi connectivity index (χ0) is 20.9. The van der Waals surface area contributed by atoms with E-state index in [2.05, 4.69) is 25.6 Å². The van der Waals surface area contributed by atoms with Gasteiger partial charge in [0.2, 0.25) is 0 Å². The fourth-order valence-corrected chi connectivity index (χ4v) is 3.05. The van der Waals surface area contributed by atoms with Gasteiger partial charge in [0.25, 0.3) is 5.91 Å². The van der Waals surface area contributed by atoms with E-state index in [-0.39, 0.29) is 6.54 Å². The van der Waals surface area contributed by atoms with Crippen molar-refractivity contribution in [3.8, 4) is 11.4 Å². The van der Waals surface area contributed by atoms with Crippen molar-refractivity contribution in [1.82, 2.24) is 15.3 Å². The third-order valence-electron chi connectivity index (χ3n) is 4.62. The molecule has 4 aromatic rings. The second kappa shape index (κ2) is 8.44. The summed E-state index contributed by atoms with van der Waals surface area (Å²) in [6.07, 6.45) is 3.60. The summed E-state index contributed by atoms with van der Waals surface area (Å²) in [6.45, 7) is 0.0621. The van der Waals surface area contributed by atoms with Gasteiger partial charge in [-0.1, -0.05) is 18.2 Å². The molecule has 30 heavy (non-hydrogen) atoms. The van der Waals surface area contributed by atoms with Crippen LogP contribution in [0.3, 0.4) is 0 Å². The minimum atomic E-state index is -1.11. The maximum atomic E-state index is 12.7. The normalized spacial score (nSPS) is 11.7. The SMILES string of the molecule is O=C(N[C@@H](CNc1ccccc1)C(=O)O)c1ccc2nc(-c3cc[nH+]cc3)[nH]c2c1. The lowest BCUT2D eigenvalue weighted by Gasteiger charge is -2.16. The van der Waals surface area contributed by atoms with Gasteiger partial charge < -0.3 is 20.7 Å². The quantitative estimate of drug-likeness (QED) is 0.378. The number of carboxylic acids is 1. The van der Waals surface area contributed by atoms with Gasteiger partial charge in [0.15, 0.2) is 12.4 Å². The highest BCUT2D eigenvalue weighted by atomic mass is 16.4. The van der Waals surface area contributed by atoms with Gasteiger partial charge in [-0.3, -0.25) is 4.79 Å². The van der Waals surface area contributed by atoms with E-state index in [0.29, 0.717) is 16.9 Å². The van der Waals surface area contributed by atoms with E-state index < -0.39 is 17.9 Å². The van der Waals surface area contributed by atoms with Crippen molar-refractivity contribution in [3.05, 3.63) is 78.6 Å². The third kappa shape index (κ3) is 4.27. The summed E-state index contributed by atoms with van der Waals surface area (Å²) in [7, 11) is 0. The number of pyridine rings is 1. The Bertz CT molecular complexity index is 1180. The molecule has 0 radical (unpaired) electrons. The monoisotopic (exact) mass is 402 g/mol. The van der Waals surface area contributed by atoms with Gasteiger partial charge in [-0.25, -0.2) is 14.8 Å².